The maximum absolute atomic E-state index is 12.0. The summed E-state index contributed by atoms with van der Waals surface area (Å²) in [5.41, 5.74) is 1.21. The molecular formula is C19H25N3O4. The van der Waals surface area contributed by atoms with Gasteiger partial charge in [0.1, 0.15) is 17.6 Å². The number of methoxy groups -OCH3 is 1. The van der Waals surface area contributed by atoms with Gasteiger partial charge in [-0.2, -0.15) is 0 Å². The monoisotopic (exact) mass is 359 g/mol. The van der Waals surface area contributed by atoms with Gasteiger partial charge >= 0.3 is 0 Å². The first-order valence-electron chi connectivity index (χ1n) is 8.64. The first-order valence-corrected chi connectivity index (χ1v) is 8.64. The van der Waals surface area contributed by atoms with Crippen molar-refractivity contribution >= 4 is 17.6 Å². The van der Waals surface area contributed by atoms with Crippen LogP contribution in [0.3, 0.4) is 0 Å². The van der Waals surface area contributed by atoms with Crippen molar-refractivity contribution in [2.75, 3.05) is 12.4 Å². The van der Waals surface area contributed by atoms with Crippen molar-refractivity contribution in [2.45, 2.75) is 45.6 Å². The fraction of sp³-hybridized carbons (Fsp3) is 0.421. The summed E-state index contributed by atoms with van der Waals surface area (Å²) in [6.45, 7) is 3.37. The number of aromatic nitrogens is 1. The molecule has 0 bridgehead atoms. The second kappa shape index (κ2) is 9.60. The highest BCUT2D eigenvalue weighted by Gasteiger charge is 2.16. The third-order valence-electron chi connectivity index (χ3n) is 3.93. The third kappa shape index (κ3) is 6.23. The molecule has 2 aromatic rings. The molecule has 26 heavy (non-hydrogen) atoms. The number of benzene rings is 1. The number of hydrogen-bond acceptors (Lipinski definition) is 5. The number of hydrogen-bond donors (Lipinski definition) is 2. The molecular weight excluding hydrogens is 334 g/mol. The summed E-state index contributed by atoms with van der Waals surface area (Å²) >= 11 is 0. The quantitative estimate of drug-likeness (QED) is 0.672. The minimum absolute atomic E-state index is 0.140. The molecule has 1 heterocycles. The Bertz CT molecular complexity index is 725. The Morgan fingerprint density at radius 2 is 1.96 bits per heavy atom. The summed E-state index contributed by atoms with van der Waals surface area (Å²) in [5.74, 6) is 1.31. The summed E-state index contributed by atoms with van der Waals surface area (Å²) in [6.07, 6.45) is 2.95. The zero-order chi connectivity index (χ0) is 18.9. The minimum Gasteiger partial charge on any atom is -0.497 e. The fourth-order valence-electron chi connectivity index (χ4n) is 2.45. The number of rotatable bonds is 9. The van der Waals surface area contributed by atoms with Crippen molar-refractivity contribution in [1.29, 1.82) is 0 Å². The number of nitrogens with one attached hydrogen (secondary N) is 2. The van der Waals surface area contributed by atoms with Crippen LogP contribution in [0.5, 0.6) is 5.75 Å². The largest absolute Gasteiger partial charge is 0.497 e. The van der Waals surface area contributed by atoms with Gasteiger partial charge in [-0.3, -0.25) is 9.59 Å². The van der Waals surface area contributed by atoms with Crippen LogP contribution in [-0.4, -0.2) is 30.1 Å². The molecule has 2 rings (SSSR count). The molecule has 0 spiro atoms. The van der Waals surface area contributed by atoms with Gasteiger partial charge in [0.2, 0.25) is 11.8 Å². The van der Waals surface area contributed by atoms with Crippen LogP contribution in [0.2, 0.25) is 0 Å². The lowest BCUT2D eigenvalue weighted by Crippen LogP contribution is -2.41. The van der Waals surface area contributed by atoms with Crippen molar-refractivity contribution in [3.63, 3.8) is 0 Å². The van der Waals surface area contributed by atoms with Crippen LogP contribution in [0.4, 0.5) is 5.82 Å². The molecule has 7 nitrogen and oxygen atoms in total. The Hall–Kier alpha value is -2.83. The molecule has 2 amide bonds. The molecule has 1 aromatic carbocycles. The van der Waals surface area contributed by atoms with Gasteiger partial charge in [-0.25, -0.2) is 0 Å². The first-order chi connectivity index (χ1) is 12.5. The highest BCUT2D eigenvalue weighted by Crippen LogP contribution is 2.13. The van der Waals surface area contributed by atoms with Gasteiger partial charge in [0.25, 0.3) is 0 Å². The van der Waals surface area contributed by atoms with Crippen LogP contribution in [0.25, 0.3) is 0 Å². The second-order valence-corrected chi connectivity index (χ2v) is 6.16. The van der Waals surface area contributed by atoms with E-state index < -0.39 is 6.04 Å². The summed E-state index contributed by atoms with van der Waals surface area (Å²) in [7, 11) is 1.64. The predicted molar refractivity (Wildman–Crippen MR) is 98.0 cm³/mol. The van der Waals surface area contributed by atoms with Gasteiger partial charge in [0.15, 0.2) is 5.82 Å². The molecule has 0 aliphatic rings. The fourth-order valence-corrected chi connectivity index (χ4v) is 2.45. The van der Waals surface area contributed by atoms with Gasteiger partial charge in [0, 0.05) is 12.5 Å². The van der Waals surface area contributed by atoms with Crippen LogP contribution >= 0.6 is 0 Å². The molecule has 140 valence electrons. The average molecular weight is 359 g/mol. The number of nitrogens with zero attached hydrogens (tertiary/aromatic N) is 1. The molecule has 0 radical (unpaired) electrons. The van der Waals surface area contributed by atoms with E-state index in [0.29, 0.717) is 18.0 Å². The molecule has 0 saturated heterocycles. The van der Waals surface area contributed by atoms with Crippen molar-refractivity contribution < 1.29 is 18.8 Å². The van der Waals surface area contributed by atoms with E-state index in [2.05, 4.69) is 15.8 Å². The Labute approximate surface area is 153 Å². The van der Waals surface area contributed by atoms with Gasteiger partial charge in [0.05, 0.1) is 7.11 Å². The summed E-state index contributed by atoms with van der Waals surface area (Å²) in [5, 5.41) is 8.98. The maximum Gasteiger partial charge on any atom is 0.247 e. The molecule has 0 aliphatic carbocycles. The van der Waals surface area contributed by atoms with Gasteiger partial charge in [-0.15, -0.1) is 0 Å². The van der Waals surface area contributed by atoms with E-state index in [1.807, 2.05) is 24.3 Å². The van der Waals surface area contributed by atoms with Crippen molar-refractivity contribution in [3.8, 4) is 5.75 Å². The Morgan fingerprint density at radius 1 is 1.23 bits per heavy atom. The number of carbonyl (C=O) groups excluding carboxylic acids is 2. The van der Waals surface area contributed by atoms with Crippen LogP contribution in [0.1, 0.15) is 37.5 Å². The van der Waals surface area contributed by atoms with E-state index in [9.17, 15) is 9.59 Å². The lowest BCUT2D eigenvalue weighted by Gasteiger charge is -2.12. The number of amides is 2. The van der Waals surface area contributed by atoms with E-state index >= 15 is 0 Å². The standard InChI is InChI=1S/C19H25N3O4/c1-13-12-17(22-26-13)21-19(24)14(2)20-18(23)7-5-4-6-15-8-10-16(25-3)11-9-15/h8-12,14H,4-7H2,1-3H3,(H,20,23)(H,21,22,24)/t14-/m1/s1. The average Bonchev–Trinajstić information content (AvgIpc) is 3.04. The molecule has 0 aliphatic heterocycles. The Morgan fingerprint density at radius 3 is 2.58 bits per heavy atom. The highest BCUT2D eigenvalue weighted by atomic mass is 16.5. The zero-order valence-electron chi connectivity index (χ0n) is 15.4. The number of carbonyl (C=O) groups is 2. The van der Waals surface area contributed by atoms with Gasteiger partial charge in [-0.1, -0.05) is 17.3 Å². The van der Waals surface area contributed by atoms with Crippen LogP contribution in [0, 0.1) is 6.92 Å². The van der Waals surface area contributed by atoms with E-state index in [-0.39, 0.29) is 11.8 Å². The Kier molecular flexibility index (Phi) is 7.20. The zero-order valence-corrected chi connectivity index (χ0v) is 15.4. The van der Waals surface area contributed by atoms with Crippen LogP contribution in [-0.2, 0) is 16.0 Å². The molecule has 1 aromatic heterocycles. The molecule has 1 atom stereocenters. The second-order valence-electron chi connectivity index (χ2n) is 6.16. The van der Waals surface area contributed by atoms with Gasteiger partial charge in [-0.05, 0) is 50.8 Å². The van der Waals surface area contributed by atoms with Crippen LogP contribution < -0.4 is 15.4 Å². The van der Waals surface area contributed by atoms with E-state index in [1.54, 1.807) is 27.0 Å². The van der Waals surface area contributed by atoms with Crippen molar-refractivity contribution in [3.05, 3.63) is 41.7 Å². The number of unbranched alkanes of at least 4 members (excludes halogenated alkanes) is 1. The lowest BCUT2D eigenvalue weighted by molar-refractivity contribution is -0.126. The van der Waals surface area contributed by atoms with Crippen molar-refractivity contribution in [1.82, 2.24) is 10.5 Å². The van der Waals surface area contributed by atoms with E-state index in [1.165, 1.54) is 5.56 Å². The molecule has 0 fully saturated rings. The normalized spacial score (nSPS) is 11.7. The highest BCUT2D eigenvalue weighted by molar-refractivity contribution is 5.96. The lowest BCUT2D eigenvalue weighted by atomic mass is 10.1. The molecule has 7 heteroatoms. The Balaban J connectivity index is 1.64. The molecule has 2 N–H and O–H groups in total. The molecule has 0 saturated carbocycles. The minimum atomic E-state index is -0.638. The summed E-state index contributed by atoms with van der Waals surface area (Å²) in [4.78, 5) is 24.0. The summed E-state index contributed by atoms with van der Waals surface area (Å²) < 4.78 is 10.0. The SMILES string of the molecule is COc1ccc(CCCCC(=O)N[C@H](C)C(=O)Nc2cc(C)on2)cc1. The maximum atomic E-state index is 12.0. The van der Waals surface area contributed by atoms with Gasteiger partial charge < -0.3 is 19.9 Å². The topological polar surface area (TPSA) is 93.5 Å². The third-order valence-corrected chi connectivity index (χ3v) is 3.93. The van der Waals surface area contributed by atoms with E-state index in [0.717, 1.165) is 25.0 Å². The van der Waals surface area contributed by atoms with Crippen molar-refractivity contribution in [2.24, 2.45) is 0 Å². The smallest absolute Gasteiger partial charge is 0.247 e. The summed E-state index contributed by atoms with van der Waals surface area (Å²) in [6, 6.07) is 8.89. The number of ether oxygens (including phenoxy) is 1. The van der Waals surface area contributed by atoms with Crippen LogP contribution in [0.15, 0.2) is 34.9 Å². The number of aryl methyl sites for hydroxylation is 2. The molecule has 0 unspecified atom stereocenters. The number of anilines is 1. The first kappa shape index (κ1) is 19.5. The predicted octanol–water partition coefficient (Wildman–Crippen LogP) is 2.85. The van der Waals surface area contributed by atoms with E-state index in [4.69, 9.17) is 9.26 Å².